The fourth-order valence-electron chi connectivity index (χ4n) is 4.50. The van der Waals surface area contributed by atoms with Crippen molar-refractivity contribution in [2.75, 3.05) is 31.6 Å². The molecule has 5 heteroatoms. The van der Waals surface area contributed by atoms with Crippen molar-refractivity contribution in [2.24, 2.45) is 0 Å². The predicted molar refractivity (Wildman–Crippen MR) is 111 cm³/mol. The number of aryl methyl sites for hydroxylation is 1. The topological polar surface area (TPSA) is 52.6 Å². The summed E-state index contributed by atoms with van der Waals surface area (Å²) in [6.07, 6.45) is 1.29. The van der Waals surface area contributed by atoms with Gasteiger partial charge in [-0.3, -0.25) is 9.59 Å². The lowest BCUT2D eigenvalue weighted by Gasteiger charge is -2.36. The van der Waals surface area contributed by atoms with Crippen LogP contribution in [0, 0.1) is 6.92 Å². The summed E-state index contributed by atoms with van der Waals surface area (Å²) >= 11 is 0. The minimum atomic E-state index is -0.136. The van der Waals surface area contributed by atoms with E-state index in [1.807, 2.05) is 23.1 Å². The second-order valence-corrected chi connectivity index (χ2v) is 7.92. The van der Waals surface area contributed by atoms with Crippen LogP contribution >= 0.6 is 0 Å². The van der Waals surface area contributed by atoms with E-state index < -0.39 is 0 Å². The zero-order valence-electron chi connectivity index (χ0n) is 16.5. The summed E-state index contributed by atoms with van der Waals surface area (Å²) in [5, 5.41) is 2.87. The van der Waals surface area contributed by atoms with Crippen molar-refractivity contribution in [2.45, 2.75) is 31.7 Å². The number of carbonyl (C=O) groups excluding carboxylic acids is 2. The maximum Gasteiger partial charge on any atom is 0.251 e. The lowest BCUT2D eigenvalue weighted by atomic mass is 9.89. The van der Waals surface area contributed by atoms with Gasteiger partial charge in [-0.15, -0.1) is 0 Å². The highest BCUT2D eigenvalue weighted by Gasteiger charge is 2.43. The number of carbonyl (C=O) groups is 2. The first-order valence-corrected chi connectivity index (χ1v) is 9.99. The van der Waals surface area contributed by atoms with Gasteiger partial charge >= 0.3 is 0 Å². The average Bonchev–Trinajstić information content (AvgIpc) is 3.01. The van der Waals surface area contributed by atoms with Crippen molar-refractivity contribution in [1.29, 1.82) is 0 Å². The van der Waals surface area contributed by atoms with E-state index in [1.165, 1.54) is 11.1 Å². The Morgan fingerprint density at radius 2 is 1.93 bits per heavy atom. The molecule has 0 radical (unpaired) electrons. The summed E-state index contributed by atoms with van der Waals surface area (Å²) in [7, 11) is 2.15. The van der Waals surface area contributed by atoms with Crippen molar-refractivity contribution >= 4 is 17.5 Å². The molecule has 0 spiro atoms. The number of nitrogens with one attached hydrogen (secondary N) is 1. The Morgan fingerprint density at radius 1 is 1.14 bits per heavy atom. The molecule has 0 aromatic heterocycles. The quantitative estimate of drug-likeness (QED) is 0.891. The third-order valence-electron chi connectivity index (χ3n) is 5.88. The van der Waals surface area contributed by atoms with Crippen LogP contribution in [0.15, 0.2) is 48.5 Å². The largest absolute Gasteiger partial charge is 0.352 e. The number of hydrogen-bond donors (Lipinski definition) is 1. The molecule has 2 aliphatic heterocycles. The third kappa shape index (κ3) is 3.54. The van der Waals surface area contributed by atoms with Crippen LogP contribution in [0.25, 0.3) is 0 Å². The number of amides is 2. The molecule has 2 atom stereocenters. The molecule has 0 unspecified atom stereocenters. The molecule has 1 saturated heterocycles. The average molecular weight is 377 g/mol. The maximum atomic E-state index is 13.1. The molecular weight excluding hydrogens is 350 g/mol. The van der Waals surface area contributed by atoms with Crippen LogP contribution in [0.1, 0.15) is 40.2 Å². The lowest BCUT2D eigenvalue weighted by Crippen LogP contribution is -2.47. The lowest BCUT2D eigenvalue weighted by molar-refractivity contribution is -0.119. The van der Waals surface area contributed by atoms with Gasteiger partial charge in [-0.25, -0.2) is 0 Å². The van der Waals surface area contributed by atoms with Crippen LogP contribution in [-0.2, 0) is 4.79 Å². The molecule has 146 valence electrons. The normalized spacial score (nSPS) is 21.1. The molecule has 1 fully saturated rings. The molecule has 2 heterocycles. The maximum absolute atomic E-state index is 13.1. The van der Waals surface area contributed by atoms with Gasteiger partial charge < -0.3 is 15.1 Å². The molecule has 2 aromatic rings. The Labute approximate surface area is 166 Å². The first-order valence-electron chi connectivity index (χ1n) is 9.99. The predicted octanol–water partition coefficient (Wildman–Crippen LogP) is 2.95. The summed E-state index contributed by atoms with van der Waals surface area (Å²) in [6, 6.07) is 15.7. The van der Waals surface area contributed by atoms with Crippen LogP contribution < -0.4 is 10.2 Å². The summed E-state index contributed by atoms with van der Waals surface area (Å²) < 4.78 is 0. The summed E-state index contributed by atoms with van der Waals surface area (Å²) in [5.74, 6) is 0.329. The van der Waals surface area contributed by atoms with Gasteiger partial charge in [0.15, 0.2) is 0 Å². The standard InChI is InChI=1S/C23H27N3O2/c1-16-8-9-20-18(14-16)19-15-25(2)13-11-21(19)26(20)22(27)10-12-24-23(28)17-6-4-3-5-7-17/h3-9,14,19,21H,10-13,15H2,1-2H3,(H,24,28)/t19-,21+/m0/s1. The van der Waals surface area contributed by atoms with Crippen molar-refractivity contribution < 1.29 is 9.59 Å². The van der Waals surface area contributed by atoms with E-state index in [1.54, 1.807) is 12.1 Å². The minimum Gasteiger partial charge on any atom is -0.352 e. The Kier molecular flexibility index (Phi) is 5.18. The molecule has 2 aliphatic rings. The first-order chi connectivity index (χ1) is 13.5. The Hall–Kier alpha value is -2.66. The number of benzene rings is 2. The van der Waals surface area contributed by atoms with Crippen LogP contribution in [0.3, 0.4) is 0 Å². The number of nitrogens with zero attached hydrogens (tertiary/aromatic N) is 2. The molecule has 4 rings (SSSR count). The van der Waals surface area contributed by atoms with E-state index in [0.717, 1.165) is 25.2 Å². The van der Waals surface area contributed by atoms with Gasteiger partial charge in [0.25, 0.3) is 5.91 Å². The molecule has 5 nitrogen and oxygen atoms in total. The highest BCUT2D eigenvalue weighted by Crippen LogP contribution is 2.45. The Balaban J connectivity index is 1.46. The van der Waals surface area contributed by atoms with Gasteiger partial charge in [0.2, 0.25) is 5.91 Å². The number of hydrogen-bond acceptors (Lipinski definition) is 3. The zero-order valence-corrected chi connectivity index (χ0v) is 16.5. The molecule has 0 bridgehead atoms. The fourth-order valence-corrected chi connectivity index (χ4v) is 4.50. The Bertz CT molecular complexity index is 881. The van der Waals surface area contributed by atoms with E-state index >= 15 is 0 Å². The molecule has 1 N–H and O–H groups in total. The van der Waals surface area contributed by atoms with Crippen LogP contribution in [-0.4, -0.2) is 49.4 Å². The van der Waals surface area contributed by atoms with E-state index in [9.17, 15) is 9.59 Å². The van der Waals surface area contributed by atoms with Gasteiger partial charge in [-0.2, -0.15) is 0 Å². The SMILES string of the molecule is Cc1ccc2c(c1)[C@@H]1CN(C)CC[C@H]1N2C(=O)CCNC(=O)c1ccccc1. The van der Waals surface area contributed by atoms with E-state index in [-0.39, 0.29) is 17.9 Å². The van der Waals surface area contributed by atoms with Crippen LogP contribution in [0.5, 0.6) is 0 Å². The van der Waals surface area contributed by atoms with Crippen molar-refractivity contribution in [3.63, 3.8) is 0 Å². The number of likely N-dealkylation sites (tertiary alicyclic amines) is 1. The molecule has 2 aromatic carbocycles. The first kappa shape index (κ1) is 18.7. The fraction of sp³-hybridized carbons (Fsp3) is 0.391. The molecule has 2 amide bonds. The monoisotopic (exact) mass is 377 g/mol. The van der Waals surface area contributed by atoms with Crippen molar-refractivity contribution in [3.8, 4) is 0 Å². The highest BCUT2D eigenvalue weighted by molar-refractivity contribution is 5.98. The van der Waals surface area contributed by atoms with Gasteiger partial charge in [-0.1, -0.05) is 35.9 Å². The van der Waals surface area contributed by atoms with Crippen molar-refractivity contribution in [3.05, 3.63) is 65.2 Å². The molecule has 0 aliphatic carbocycles. The zero-order chi connectivity index (χ0) is 19.7. The van der Waals surface area contributed by atoms with Crippen LogP contribution in [0.2, 0.25) is 0 Å². The smallest absolute Gasteiger partial charge is 0.251 e. The van der Waals surface area contributed by atoms with Crippen LogP contribution in [0.4, 0.5) is 5.69 Å². The summed E-state index contributed by atoms with van der Waals surface area (Å²) in [5.41, 5.74) is 4.19. The molecular formula is C23H27N3O2. The van der Waals surface area contributed by atoms with Crippen molar-refractivity contribution in [1.82, 2.24) is 10.2 Å². The minimum absolute atomic E-state index is 0.0931. The second-order valence-electron chi connectivity index (χ2n) is 7.92. The van der Waals surface area contributed by atoms with E-state index in [2.05, 4.69) is 42.4 Å². The highest BCUT2D eigenvalue weighted by atomic mass is 16.2. The third-order valence-corrected chi connectivity index (χ3v) is 5.88. The van der Waals surface area contributed by atoms with Gasteiger partial charge in [0.05, 0.1) is 0 Å². The number of piperidine rings is 1. The van der Waals surface area contributed by atoms with E-state index in [4.69, 9.17) is 0 Å². The van der Waals surface area contributed by atoms with Gasteiger partial charge in [0, 0.05) is 42.7 Å². The molecule has 0 saturated carbocycles. The number of anilines is 1. The van der Waals surface area contributed by atoms with Gasteiger partial charge in [-0.05, 0) is 50.7 Å². The van der Waals surface area contributed by atoms with Gasteiger partial charge in [0.1, 0.15) is 0 Å². The number of rotatable bonds is 4. The summed E-state index contributed by atoms with van der Waals surface area (Å²) in [6.45, 7) is 4.44. The van der Waals surface area contributed by atoms with E-state index in [0.29, 0.717) is 24.4 Å². The number of likely N-dealkylation sites (N-methyl/N-ethyl adjacent to an activating group) is 1. The number of fused-ring (bicyclic) bond motifs is 3. The molecule has 28 heavy (non-hydrogen) atoms. The second kappa shape index (κ2) is 7.76. The summed E-state index contributed by atoms with van der Waals surface area (Å²) in [4.78, 5) is 29.7. The Morgan fingerprint density at radius 3 is 2.71 bits per heavy atom.